The average Bonchev–Trinajstić information content (AvgIpc) is 1.83. The van der Waals surface area contributed by atoms with Gasteiger partial charge in [-0.1, -0.05) is 34.6 Å². The van der Waals surface area contributed by atoms with Gasteiger partial charge in [0.1, 0.15) is 0 Å². The van der Waals surface area contributed by atoms with Crippen molar-refractivity contribution in [2.45, 2.75) is 52.7 Å². The third-order valence-electron chi connectivity index (χ3n) is 2.20. The molecule has 0 N–H and O–H groups in total. The number of hydrogen-bond donors (Lipinski definition) is 0. The fraction of sp³-hybridized carbons (Fsp3) is 1.00. The first-order chi connectivity index (χ1) is 5.37. The second-order valence-electron chi connectivity index (χ2n) is 5.01. The SMILES string of the molecule is CSC(C)CC(C)(C)CC(C)C. The fourth-order valence-corrected chi connectivity index (χ4v) is 2.67. The van der Waals surface area contributed by atoms with Crippen molar-refractivity contribution in [1.82, 2.24) is 0 Å². The zero-order valence-electron chi connectivity index (χ0n) is 9.48. The number of hydrogen-bond acceptors (Lipinski definition) is 1. The van der Waals surface area contributed by atoms with Gasteiger partial charge in [0.15, 0.2) is 0 Å². The zero-order valence-corrected chi connectivity index (χ0v) is 10.3. The van der Waals surface area contributed by atoms with Crippen molar-refractivity contribution < 1.29 is 0 Å². The van der Waals surface area contributed by atoms with Gasteiger partial charge in [0.05, 0.1) is 0 Å². The van der Waals surface area contributed by atoms with E-state index in [0.29, 0.717) is 5.41 Å². The molecule has 0 heterocycles. The maximum Gasteiger partial charge on any atom is 0.00210 e. The van der Waals surface area contributed by atoms with Gasteiger partial charge in [-0.05, 0) is 30.4 Å². The number of rotatable bonds is 5. The molecule has 1 unspecified atom stereocenters. The monoisotopic (exact) mass is 188 g/mol. The van der Waals surface area contributed by atoms with Gasteiger partial charge in [-0.25, -0.2) is 0 Å². The first-order valence-electron chi connectivity index (χ1n) is 4.90. The van der Waals surface area contributed by atoms with Gasteiger partial charge in [-0.2, -0.15) is 11.8 Å². The summed E-state index contributed by atoms with van der Waals surface area (Å²) in [5.74, 6) is 0.828. The lowest BCUT2D eigenvalue weighted by molar-refractivity contribution is 0.266. The normalized spacial score (nSPS) is 15.2. The molecule has 0 saturated heterocycles. The van der Waals surface area contributed by atoms with Crippen LogP contribution in [0, 0.1) is 11.3 Å². The molecule has 0 saturated carbocycles. The molecular weight excluding hydrogens is 164 g/mol. The molecule has 0 aromatic heterocycles. The van der Waals surface area contributed by atoms with E-state index in [1.165, 1.54) is 12.8 Å². The third-order valence-corrected chi connectivity index (χ3v) is 3.17. The van der Waals surface area contributed by atoms with Gasteiger partial charge in [0.2, 0.25) is 0 Å². The number of thioether (sulfide) groups is 1. The Balaban J connectivity index is 3.85. The van der Waals surface area contributed by atoms with Crippen LogP contribution in [0.5, 0.6) is 0 Å². The largest absolute Gasteiger partial charge is 0.162 e. The Morgan fingerprint density at radius 3 is 1.92 bits per heavy atom. The maximum absolute atomic E-state index is 2.39. The van der Waals surface area contributed by atoms with Gasteiger partial charge in [-0.3, -0.25) is 0 Å². The highest BCUT2D eigenvalue weighted by atomic mass is 32.2. The van der Waals surface area contributed by atoms with Crippen molar-refractivity contribution in [3.63, 3.8) is 0 Å². The van der Waals surface area contributed by atoms with Gasteiger partial charge in [0, 0.05) is 5.25 Å². The van der Waals surface area contributed by atoms with Crippen LogP contribution >= 0.6 is 11.8 Å². The standard InChI is InChI=1S/C11H24S/c1-9(2)7-11(4,5)8-10(3)12-6/h9-10H,7-8H2,1-6H3. The molecule has 1 heteroatoms. The summed E-state index contributed by atoms with van der Waals surface area (Å²) in [6, 6.07) is 0. The van der Waals surface area contributed by atoms with Crippen LogP contribution in [0.15, 0.2) is 0 Å². The fourth-order valence-electron chi connectivity index (χ4n) is 2.05. The van der Waals surface area contributed by atoms with Crippen LogP contribution in [0.25, 0.3) is 0 Å². The van der Waals surface area contributed by atoms with Crippen LogP contribution in [-0.4, -0.2) is 11.5 Å². The summed E-state index contributed by atoms with van der Waals surface area (Å²) in [4.78, 5) is 0. The smallest absolute Gasteiger partial charge is 0.00210 e. The minimum absolute atomic E-state index is 0.524. The van der Waals surface area contributed by atoms with E-state index in [0.717, 1.165) is 11.2 Å². The summed E-state index contributed by atoms with van der Waals surface area (Å²) in [5, 5.41) is 0.804. The van der Waals surface area contributed by atoms with Gasteiger partial charge >= 0.3 is 0 Å². The minimum Gasteiger partial charge on any atom is -0.162 e. The Labute approximate surface area is 82.5 Å². The topological polar surface area (TPSA) is 0 Å². The summed E-state index contributed by atoms with van der Waals surface area (Å²) in [6.45, 7) is 11.7. The summed E-state index contributed by atoms with van der Waals surface area (Å²) < 4.78 is 0. The van der Waals surface area contributed by atoms with E-state index >= 15 is 0 Å². The molecule has 0 aromatic rings. The predicted molar refractivity (Wildman–Crippen MR) is 60.8 cm³/mol. The van der Waals surface area contributed by atoms with Crippen molar-refractivity contribution in [2.75, 3.05) is 6.26 Å². The van der Waals surface area contributed by atoms with Crippen molar-refractivity contribution in [3.05, 3.63) is 0 Å². The van der Waals surface area contributed by atoms with E-state index in [1.807, 2.05) is 11.8 Å². The van der Waals surface area contributed by atoms with Crippen molar-refractivity contribution >= 4 is 11.8 Å². The van der Waals surface area contributed by atoms with Crippen LogP contribution in [0.2, 0.25) is 0 Å². The average molecular weight is 188 g/mol. The molecule has 74 valence electrons. The quantitative estimate of drug-likeness (QED) is 0.623. The summed E-state index contributed by atoms with van der Waals surface area (Å²) in [6.07, 6.45) is 4.89. The molecule has 0 aliphatic rings. The lowest BCUT2D eigenvalue weighted by Crippen LogP contribution is -2.18. The molecule has 0 rings (SSSR count). The molecule has 0 radical (unpaired) electrons. The lowest BCUT2D eigenvalue weighted by atomic mass is 9.80. The van der Waals surface area contributed by atoms with Gasteiger partial charge < -0.3 is 0 Å². The Morgan fingerprint density at radius 1 is 1.08 bits per heavy atom. The van der Waals surface area contributed by atoms with Crippen LogP contribution in [0.4, 0.5) is 0 Å². The molecule has 0 fully saturated rings. The Bertz CT molecular complexity index is 116. The maximum atomic E-state index is 2.39. The van der Waals surface area contributed by atoms with Crippen LogP contribution in [0.1, 0.15) is 47.5 Å². The van der Waals surface area contributed by atoms with Crippen LogP contribution < -0.4 is 0 Å². The highest BCUT2D eigenvalue weighted by Gasteiger charge is 2.21. The Morgan fingerprint density at radius 2 is 1.58 bits per heavy atom. The first kappa shape index (κ1) is 12.3. The molecule has 0 spiro atoms. The van der Waals surface area contributed by atoms with Crippen molar-refractivity contribution in [2.24, 2.45) is 11.3 Å². The van der Waals surface area contributed by atoms with E-state index < -0.39 is 0 Å². The van der Waals surface area contributed by atoms with E-state index in [9.17, 15) is 0 Å². The van der Waals surface area contributed by atoms with Crippen molar-refractivity contribution in [3.8, 4) is 0 Å². The summed E-state index contributed by atoms with van der Waals surface area (Å²) in [7, 11) is 0. The highest BCUT2D eigenvalue weighted by molar-refractivity contribution is 7.99. The third kappa shape index (κ3) is 5.93. The van der Waals surface area contributed by atoms with E-state index in [-0.39, 0.29) is 0 Å². The second-order valence-corrected chi connectivity index (χ2v) is 6.29. The lowest BCUT2D eigenvalue weighted by Gasteiger charge is -2.29. The van der Waals surface area contributed by atoms with Crippen molar-refractivity contribution in [1.29, 1.82) is 0 Å². The summed E-state index contributed by atoms with van der Waals surface area (Å²) >= 11 is 1.98. The van der Waals surface area contributed by atoms with Crippen LogP contribution in [0.3, 0.4) is 0 Å². The molecule has 0 amide bonds. The Kier molecular flexibility index (Phi) is 5.31. The van der Waals surface area contributed by atoms with Crippen LogP contribution in [-0.2, 0) is 0 Å². The molecule has 1 atom stereocenters. The molecular formula is C11H24S. The van der Waals surface area contributed by atoms with Gasteiger partial charge in [-0.15, -0.1) is 0 Å². The second kappa shape index (κ2) is 5.16. The highest BCUT2D eigenvalue weighted by Crippen LogP contribution is 2.33. The predicted octanol–water partition coefficient (Wildman–Crippen LogP) is 4.20. The van der Waals surface area contributed by atoms with Gasteiger partial charge in [0.25, 0.3) is 0 Å². The molecule has 0 aromatic carbocycles. The van der Waals surface area contributed by atoms with E-state index in [1.54, 1.807) is 0 Å². The molecule has 0 nitrogen and oxygen atoms in total. The molecule has 0 bridgehead atoms. The minimum atomic E-state index is 0.524. The van der Waals surface area contributed by atoms with E-state index in [2.05, 4.69) is 40.9 Å². The molecule has 12 heavy (non-hydrogen) atoms. The molecule has 0 aliphatic heterocycles. The van der Waals surface area contributed by atoms with E-state index in [4.69, 9.17) is 0 Å². The molecule has 0 aliphatic carbocycles. The first-order valence-corrected chi connectivity index (χ1v) is 6.19. The summed E-state index contributed by atoms with van der Waals surface area (Å²) in [5.41, 5.74) is 0.524. The zero-order chi connectivity index (χ0) is 9.78. The Hall–Kier alpha value is 0.350.